The van der Waals surface area contributed by atoms with Crippen molar-refractivity contribution in [2.45, 2.75) is 20.8 Å². The van der Waals surface area contributed by atoms with E-state index < -0.39 is 11.8 Å². The highest BCUT2D eigenvalue weighted by atomic mass is 79.9. The van der Waals surface area contributed by atoms with E-state index in [9.17, 15) is 14.4 Å². The molecule has 0 bridgehead atoms. The number of H-pyrrole nitrogens is 1. The summed E-state index contributed by atoms with van der Waals surface area (Å²) in [5.41, 5.74) is 4.08. The van der Waals surface area contributed by atoms with Gasteiger partial charge in [0, 0.05) is 15.6 Å². The van der Waals surface area contributed by atoms with Crippen LogP contribution in [0, 0.1) is 20.8 Å². The fraction of sp³-hybridized carbons (Fsp3) is 0.120. The van der Waals surface area contributed by atoms with Crippen LogP contribution in [-0.2, 0) is 0 Å². The van der Waals surface area contributed by atoms with Crippen molar-refractivity contribution in [3.8, 4) is 5.69 Å². The molecule has 7 nitrogen and oxygen atoms in total. The Labute approximate surface area is 197 Å². The zero-order chi connectivity index (χ0) is 23.4. The van der Waals surface area contributed by atoms with Crippen molar-refractivity contribution in [3.63, 3.8) is 0 Å². The molecular weight excluding hydrogens is 484 g/mol. The number of benzene rings is 3. The van der Waals surface area contributed by atoms with Crippen LogP contribution in [0.15, 0.2) is 62.9 Å². The number of nitrogens with zero attached hydrogens (tertiary/aromatic N) is 3. The van der Waals surface area contributed by atoms with Crippen molar-refractivity contribution < 1.29 is 9.59 Å². The Bertz CT molecular complexity index is 1560. The van der Waals surface area contributed by atoms with Crippen LogP contribution in [0.2, 0.25) is 0 Å². The number of nitrogens with one attached hydrogen (secondary N) is 1. The minimum Gasteiger partial charge on any atom is -0.295 e. The maximum absolute atomic E-state index is 13.1. The van der Waals surface area contributed by atoms with Gasteiger partial charge in [0.25, 0.3) is 17.4 Å². The Morgan fingerprint density at radius 2 is 1.67 bits per heavy atom. The van der Waals surface area contributed by atoms with E-state index in [1.54, 1.807) is 31.2 Å². The Kier molecular flexibility index (Phi) is 4.90. The number of carbonyl (C=O) groups excluding carboxylic acids is 2. The Balaban J connectivity index is 1.56. The van der Waals surface area contributed by atoms with Crippen molar-refractivity contribution in [3.05, 3.63) is 96.9 Å². The molecule has 0 atom stereocenters. The number of hydrazone groups is 1. The third kappa shape index (κ3) is 3.25. The highest BCUT2D eigenvalue weighted by Crippen LogP contribution is 2.34. The third-order valence-electron chi connectivity index (χ3n) is 5.85. The normalized spacial score (nSPS) is 13.5. The van der Waals surface area contributed by atoms with E-state index in [1.807, 2.05) is 38.1 Å². The first-order valence-corrected chi connectivity index (χ1v) is 11.1. The van der Waals surface area contributed by atoms with E-state index in [0.29, 0.717) is 22.2 Å². The van der Waals surface area contributed by atoms with Gasteiger partial charge in [0.2, 0.25) is 0 Å². The lowest BCUT2D eigenvalue weighted by Gasteiger charge is -2.23. The number of rotatable bonds is 3. The van der Waals surface area contributed by atoms with Gasteiger partial charge in [-0.25, -0.2) is 4.68 Å². The predicted molar refractivity (Wildman–Crippen MR) is 130 cm³/mol. The molecule has 1 aliphatic rings. The molecule has 2 amide bonds. The topological polar surface area (TPSA) is 87.5 Å². The Hall–Kier alpha value is -3.78. The number of aromatic amines is 1. The van der Waals surface area contributed by atoms with Gasteiger partial charge in [-0.2, -0.15) is 10.1 Å². The molecule has 3 aromatic carbocycles. The highest BCUT2D eigenvalue weighted by molar-refractivity contribution is 9.10. The van der Waals surface area contributed by atoms with Crippen LogP contribution in [-0.4, -0.2) is 32.8 Å². The molecule has 0 unspecified atom stereocenters. The van der Waals surface area contributed by atoms with E-state index in [0.717, 1.165) is 31.7 Å². The summed E-state index contributed by atoms with van der Waals surface area (Å²) in [6.45, 7) is 5.66. The molecule has 5 rings (SSSR count). The second-order valence-corrected chi connectivity index (χ2v) is 8.93. The van der Waals surface area contributed by atoms with Gasteiger partial charge in [-0.15, -0.1) is 0 Å². The van der Waals surface area contributed by atoms with Crippen LogP contribution >= 0.6 is 15.9 Å². The molecular formula is C25H19BrN4O3. The molecule has 4 aromatic rings. The Morgan fingerprint density at radius 3 is 2.39 bits per heavy atom. The van der Waals surface area contributed by atoms with Crippen LogP contribution in [0.5, 0.6) is 0 Å². The minimum absolute atomic E-state index is 0.274. The van der Waals surface area contributed by atoms with Crippen LogP contribution < -0.4 is 5.56 Å². The number of hydrogen-bond acceptors (Lipinski definition) is 4. The summed E-state index contributed by atoms with van der Waals surface area (Å²) in [6.07, 6.45) is 1.27. The second-order valence-electron chi connectivity index (χ2n) is 8.07. The highest BCUT2D eigenvalue weighted by Gasteiger charge is 2.33. The molecule has 1 N–H and O–H groups in total. The zero-order valence-electron chi connectivity index (χ0n) is 18.1. The maximum atomic E-state index is 13.1. The van der Waals surface area contributed by atoms with E-state index >= 15 is 0 Å². The number of carbonyl (C=O) groups is 2. The SMILES string of the molecule is Cc1ccc(-n2[nH]c(C)c(C=NN3C(=O)c4cccc5c(Br)ccc(c45)C3=O)c2=O)c(C)c1. The van der Waals surface area contributed by atoms with Gasteiger partial charge in [0.1, 0.15) is 0 Å². The standard InChI is InChI=1S/C25H19BrN4O3/c1-13-7-10-21(14(2)11-13)29-25(33)19(15(3)28-29)12-27-30-23(31)17-6-4-5-16-20(26)9-8-18(22(16)17)24(30)32/h4-12,28H,1-3H3. The van der Waals surface area contributed by atoms with Gasteiger partial charge in [-0.05, 0) is 56.0 Å². The van der Waals surface area contributed by atoms with Gasteiger partial charge in [-0.1, -0.05) is 45.8 Å². The molecule has 1 aliphatic heterocycles. The smallest absolute Gasteiger partial charge is 0.282 e. The van der Waals surface area contributed by atoms with E-state index in [1.165, 1.54) is 10.9 Å². The van der Waals surface area contributed by atoms with E-state index in [4.69, 9.17) is 0 Å². The lowest BCUT2D eigenvalue weighted by Crippen LogP contribution is -2.36. The largest absolute Gasteiger partial charge is 0.295 e. The maximum Gasteiger partial charge on any atom is 0.282 e. The summed E-state index contributed by atoms with van der Waals surface area (Å²) in [5, 5.41) is 9.41. The van der Waals surface area contributed by atoms with E-state index in [-0.39, 0.29) is 11.1 Å². The summed E-state index contributed by atoms with van der Waals surface area (Å²) in [4.78, 5) is 39.3. The number of aryl methyl sites for hydroxylation is 3. The summed E-state index contributed by atoms with van der Waals surface area (Å²) in [6, 6.07) is 14.5. The molecule has 0 saturated heterocycles. The van der Waals surface area contributed by atoms with Crippen molar-refractivity contribution in [1.29, 1.82) is 0 Å². The first-order chi connectivity index (χ1) is 15.8. The van der Waals surface area contributed by atoms with Crippen molar-refractivity contribution in [2.24, 2.45) is 5.10 Å². The van der Waals surface area contributed by atoms with Gasteiger partial charge in [-0.3, -0.25) is 19.5 Å². The molecule has 0 saturated carbocycles. The zero-order valence-corrected chi connectivity index (χ0v) is 19.7. The quantitative estimate of drug-likeness (QED) is 0.327. The summed E-state index contributed by atoms with van der Waals surface area (Å²) in [7, 11) is 0. The molecule has 0 aliphatic carbocycles. The molecule has 0 spiro atoms. The van der Waals surface area contributed by atoms with Crippen molar-refractivity contribution in [1.82, 2.24) is 14.8 Å². The molecule has 0 fully saturated rings. The van der Waals surface area contributed by atoms with Gasteiger partial charge >= 0.3 is 0 Å². The fourth-order valence-corrected chi connectivity index (χ4v) is 4.67. The summed E-state index contributed by atoms with van der Waals surface area (Å²) < 4.78 is 2.24. The molecule has 1 aromatic heterocycles. The molecule has 164 valence electrons. The fourth-order valence-electron chi connectivity index (χ4n) is 4.21. The van der Waals surface area contributed by atoms with Gasteiger partial charge < -0.3 is 0 Å². The molecule has 33 heavy (non-hydrogen) atoms. The Morgan fingerprint density at radius 1 is 0.939 bits per heavy atom. The van der Waals surface area contributed by atoms with Gasteiger partial charge in [0.05, 0.1) is 28.6 Å². The first-order valence-electron chi connectivity index (χ1n) is 10.3. The molecule has 8 heteroatoms. The van der Waals surface area contributed by atoms with Crippen LogP contribution in [0.3, 0.4) is 0 Å². The summed E-state index contributed by atoms with van der Waals surface area (Å²) in [5.74, 6) is -1.06. The third-order valence-corrected chi connectivity index (χ3v) is 6.54. The number of imide groups is 1. The minimum atomic E-state index is -0.532. The number of aromatic nitrogens is 2. The lowest BCUT2D eigenvalue weighted by atomic mass is 9.95. The van der Waals surface area contributed by atoms with Crippen LogP contribution in [0.1, 0.15) is 43.1 Å². The van der Waals surface area contributed by atoms with Crippen LogP contribution in [0.4, 0.5) is 0 Å². The average Bonchev–Trinajstić information content (AvgIpc) is 3.06. The number of halogens is 1. The van der Waals surface area contributed by atoms with Crippen molar-refractivity contribution >= 4 is 44.7 Å². The average molecular weight is 503 g/mol. The predicted octanol–water partition coefficient (Wildman–Crippen LogP) is 4.64. The second kappa shape index (κ2) is 7.67. The van der Waals surface area contributed by atoms with Gasteiger partial charge in [0.15, 0.2) is 0 Å². The van der Waals surface area contributed by atoms with E-state index in [2.05, 4.69) is 26.1 Å². The summed E-state index contributed by atoms with van der Waals surface area (Å²) >= 11 is 3.47. The van der Waals surface area contributed by atoms with Crippen LogP contribution in [0.25, 0.3) is 16.5 Å². The number of amides is 2. The van der Waals surface area contributed by atoms with Crippen molar-refractivity contribution in [2.75, 3.05) is 0 Å². The monoisotopic (exact) mass is 502 g/mol. The number of hydrogen-bond donors (Lipinski definition) is 1. The molecule has 0 radical (unpaired) electrons. The lowest BCUT2D eigenvalue weighted by molar-refractivity contribution is 0.0616. The first kappa shape index (κ1) is 21.1. The molecule has 2 heterocycles.